The number of nitrogens with zero attached hydrogens (tertiary/aromatic N) is 1. The van der Waals surface area contributed by atoms with Gasteiger partial charge in [-0.3, -0.25) is 9.69 Å². The van der Waals surface area contributed by atoms with Gasteiger partial charge in [0, 0.05) is 5.56 Å². The minimum absolute atomic E-state index is 0.213. The Bertz CT molecular complexity index is 849. The Kier molecular flexibility index (Phi) is 6.29. The lowest BCUT2D eigenvalue weighted by Gasteiger charge is -2.23. The predicted octanol–water partition coefficient (Wildman–Crippen LogP) is 3.80. The average Bonchev–Trinajstić information content (AvgIpc) is 2.90. The predicted molar refractivity (Wildman–Crippen MR) is 114 cm³/mol. The van der Waals surface area contributed by atoms with E-state index in [0.29, 0.717) is 17.1 Å². The molecule has 2 aliphatic heterocycles. The number of para-hydroxylation sites is 1. The number of hydrogen-bond donors (Lipinski definition) is 1. The quantitative estimate of drug-likeness (QED) is 0.553. The number of thiocarbonyl (C=S) groups is 1. The maximum atomic E-state index is 12.9. The van der Waals surface area contributed by atoms with Crippen LogP contribution in [0.25, 0.3) is 6.08 Å². The van der Waals surface area contributed by atoms with Gasteiger partial charge >= 0.3 is 5.97 Å². The van der Waals surface area contributed by atoms with E-state index < -0.39 is 12.0 Å². The summed E-state index contributed by atoms with van der Waals surface area (Å²) in [5.41, 5.74) is 1.80. The lowest BCUT2D eigenvalue weighted by Crippen LogP contribution is -2.44. The smallest absolute Gasteiger partial charge is 0.326 e. The highest BCUT2D eigenvalue weighted by atomic mass is 32.2. The summed E-state index contributed by atoms with van der Waals surface area (Å²) in [6.45, 7) is 1.91. The van der Waals surface area contributed by atoms with Gasteiger partial charge in [-0.05, 0) is 49.1 Å². The number of carboxylic acids is 1. The molecule has 0 bridgehead atoms. The zero-order valence-electron chi connectivity index (χ0n) is 14.9. The monoisotopic (exact) mass is 421 g/mol. The molecule has 8 heteroatoms. The molecule has 0 spiro atoms. The Morgan fingerprint density at radius 1 is 1.48 bits per heavy atom. The molecule has 2 atom stereocenters. The van der Waals surface area contributed by atoms with Crippen LogP contribution >= 0.6 is 35.7 Å². The van der Waals surface area contributed by atoms with Gasteiger partial charge in [0.1, 0.15) is 22.2 Å². The SMILES string of the molecule is CSCCC(C(=O)O)N1C(=O)/C(=C\C2=Cc3ccccc3OC2C)SC1=S. The van der Waals surface area contributed by atoms with Crippen LogP contribution < -0.4 is 4.74 Å². The van der Waals surface area contributed by atoms with Gasteiger partial charge in [0.15, 0.2) is 0 Å². The summed E-state index contributed by atoms with van der Waals surface area (Å²) in [6.07, 6.45) is 5.78. The first-order valence-corrected chi connectivity index (χ1v) is 11.0. The Morgan fingerprint density at radius 2 is 2.22 bits per heavy atom. The molecule has 0 aliphatic carbocycles. The highest BCUT2D eigenvalue weighted by molar-refractivity contribution is 8.26. The second-order valence-electron chi connectivity index (χ2n) is 6.13. The lowest BCUT2D eigenvalue weighted by atomic mass is 10.0. The van der Waals surface area contributed by atoms with Crippen LogP contribution in [0.2, 0.25) is 0 Å². The molecule has 3 rings (SSSR count). The fraction of sp³-hybridized carbons (Fsp3) is 0.316. The minimum atomic E-state index is -1.04. The summed E-state index contributed by atoms with van der Waals surface area (Å²) < 4.78 is 6.19. The van der Waals surface area contributed by atoms with Crippen LogP contribution in [-0.2, 0) is 9.59 Å². The number of thioether (sulfide) groups is 2. The molecular formula is C19H19NO4S3. The Balaban J connectivity index is 1.88. The molecule has 1 fully saturated rings. The van der Waals surface area contributed by atoms with Crippen molar-refractivity contribution >= 4 is 58.0 Å². The van der Waals surface area contributed by atoms with Gasteiger partial charge in [-0.25, -0.2) is 4.79 Å². The van der Waals surface area contributed by atoms with E-state index in [1.54, 1.807) is 17.8 Å². The number of carbonyl (C=O) groups is 2. The number of amides is 1. The van der Waals surface area contributed by atoms with Crippen molar-refractivity contribution in [3.8, 4) is 5.75 Å². The summed E-state index contributed by atoms with van der Waals surface area (Å²) in [5.74, 6) is 0.0483. The third-order valence-corrected chi connectivity index (χ3v) is 6.30. The number of carboxylic acid groups (broad SMARTS) is 1. The summed E-state index contributed by atoms with van der Waals surface area (Å²) in [4.78, 5) is 26.2. The topological polar surface area (TPSA) is 66.8 Å². The number of fused-ring (bicyclic) bond motifs is 1. The molecule has 2 unspecified atom stereocenters. The molecular weight excluding hydrogens is 402 g/mol. The standard InChI is InChI=1S/C19H19NO4S3/c1-11-13(9-12-5-3-4-6-15(12)24-11)10-16-17(21)20(19(25)27-16)14(18(22)23)7-8-26-2/h3-6,9-11,14H,7-8H2,1-2H3,(H,22,23)/b16-10+. The van der Waals surface area contributed by atoms with E-state index in [9.17, 15) is 14.7 Å². The van der Waals surface area contributed by atoms with Crippen LogP contribution in [0.5, 0.6) is 5.75 Å². The van der Waals surface area contributed by atoms with Crippen LogP contribution in [0.1, 0.15) is 18.9 Å². The Labute approximate surface area is 171 Å². The highest BCUT2D eigenvalue weighted by Crippen LogP contribution is 2.37. The maximum absolute atomic E-state index is 12.9. The van der Waals surface area contributed by atoms with E-state index in [4.69, 9.17) is 17.0 Å². The van der Waals surface area contributed by atoms with Crippen molar-refractivity contribution in [2.24, 2.45) is 0 Å². The van der Waals surface area contributed by atoms with Crippen molar-refractivity contribution in [3.05, 3.63) is 46.4 Å². The van der Waals surface area contributed by atoms with E-state index in [0.717, 1.165) is 28.6 Å². The largest absolute Gasteiger partial charge is 0.485 e. The number of aliphatic carboxylic acids is 1. The van der Waals surface area contributed by atoms with Gasteiger partial charge in [-0.2, -0.15) is 11.8 Å². The van der Waals surface area contributed by atoms with Gasteiger partial charge < -0.3 is 9.84 Å². The summed E-state index contributed by atoms with van der Waals surface area (Å²) in [6, 6.07) is 6.75. The van der Waals surface area contributed by atoms with E-state index in [2.05, 4.69) is 0 Å². The van der Waals surface area contributed by atoms with Crippen LogP contribution in [0.15, 0.2) is 40.8 Å². The molecule has 1 aromatic carbocycles. The normalized spacial score (nSPS) is 21.7. The molecule has 1 N–H and O–H groups in total. The number of benzene rings is 1. The van der Waals surface area contributed by atoms with Crippen molar-refractivity contribution in [1.29, 1.82) is 0 Å². The molecule has 0 aromatic heterocycles. The summed E-state index contributed by atoms with van der Waals surface area (Å²) in [5, 5.41) is 9.53. The fourth-order valence-electron chi connectivity index (χ4n) is 2.91. The second kappa shape index (κ2) is 8.50. The first-order chi connectivity index (χ1) is 12.9. The third kappa shape index (κ3) is 4.23. The highest BCUT2D eigenvalue weighted by Gasteiger charge is 2.40. The van der Waals surface area contributed by atoms with Crippen molar-refractivity contribution in [1.82, 2.24) is 4.90 Å². The molecule has 2 aliphatic rings. The number of carbonyl (C=O) groups excluding carboxylic acids is 1. The van der Waals surface area contributed by atoms with Gasteiger partial charge in [0.25, 0.3) is 5.91 Å². The van der Waals surface area contributed by atoms with Crippen molar-refractivity contribution < 1.29 is 19.4 Å². The second-order valence-corrected chi connectivity index (χ2v) is 8.79. The summed E-state index contributed by atoms with van der Waals surface area (Å²) in [7, 11) is 0. The van der Waals surface area contributed by atoms with Gasteiger partial charge in [0.05, 0.1) is 4.91 Å². The molecule has 1 aromatic rings. The first-order valence-electron chi connectivity index (χ1n) is 8.38. The Morgan fingerprint density at radius 3 is 2.93 bits per heavy atom. The van der Waals surface area contributed by atoms with Crippen molar-refractivity contribution in [2.75, 3.05) is 12.0 Å². The van der Waals surface area contributed by atoms with E-state index >= 15 is 0 Å². The van der Waals surface area contributed by atoms with Gasteiger partial charge in [-0.1, -0.05) is 42.2 Å². The van der Waals surface area contributed by atoms with Crippen LogP contribution in [0.4, 0.5) is 0 Å². The van der Waals surface area contributed by atoms with Gasteiger partial charge in [-0.15, -0.1) is 0 Å². The molecule has 0 radical (unpaired) electrons. The average molecular weight is 422 g/mol. The zero-order chi connectivity index (χ0) is 19.6. The molecule has 2 heterocycles. The van der Waals surface area contributed by atoms with Crippen LogP contribution in [-0.4, -0.2) is 50.4 Å². The van der Waals surface area contributed by atoms with Crippen LogP contribution in [0, 0.1) is 0 Å². The van der Waals surface area contributed by atoms with E-state index in [-0.39, 0.29) is 16.3 Å². The summed E-state index contributed by atoms with van der Waals surface area (Å²) >= 11 is 7.99. The number of rotatable bonds is 6. The molecule has 27 heavy (non-hydrogen) atoms. The molecule has 142 valence electrons. The maximum Gasteiger partial charge on any atom is 0.326 e. The van der Waals surface area contributed by atoms with Gasteiger partial charge in [0.2, 0.25) is 0 Å². The zero-order valence-corrected chi connectivity index (χ0v) is 17.3. The first kappa shape index (κ1) is 20.0. The molecule has 0 saturated carbocycles. The molecule has 1 amide bonds. The van der Waals surface area contributed by atoms with Crippen LogP contribution in [0.3, 0.4) is 0 Å². The van der Waals surface area contributed by atoms with Crippen molar-refractivity contribution in [3.63, 3.8) is 0 Å². The fourth-order valence-corrected chi connectivity index (χ4v) is 4.73. The Hall–Kier alpha value is -1.77. The minimum Gasteiger partial charge on any atom is -0.485 e. The number of ether oxygens (including phenoxy) is 1. The van der Waals surface area contributed by atoms with E-state index in [1.807, 2.05) is 43.5 Å². The molecule has 1 saturated heterocycles. The van der Waals surface area contributed by atoms with E-state index in [1.165, 1.54) is 4.90 Å². The van der Waals surface area contributed by atoms with Crippen molar-refractivity contribution in [2.45, 2.75) is 25.5 Å². The molecule has 5 nitrogen and oxygen atoms in total. The lowest BCUT2D eigenvalue weighted by molar-refractivity contribution is -0.145. The third-order valence-electron chi connectivity index (χ3n) is 4.33. The number of hydrogen-bond acceptors (Lipinski definition) is 6.